The van der Waals surface area contributed by atoms with Crippen molar-refractivity contribution in [1.29, 1.82) is 0 Å². The van der Waals surface area contributed by atoms with Gasteiger partial charge in [-0.2, -0.15) is 0 Å². The summed E-state index contributed by atoms with van der Waals surface area (Å²) in [4.78, 5) is 37.6. The van der Waals surface area contributed by atoms with E-state index in [4.69, 9.17) is 18.9 Å². The first-order valence-electron chi connectivity index (χ1n) is 36.7. The number of likely N-dealkylation sites (N-methyl/N-ethyl adjacent to an activating group) is 1. The summed E-state index contributed by atoms with van der Waals surface area (Å²) in [6, 6.07) is 0. The first-order chi connectivity index (χ1) is 40.1. The van der Waals surface area contributed by atoms with Crippen LogP contribution in [-0.4, -0.2) is 87.4 Å². The van der Waals surface area contributed by atoms with Gasteiger partial charge in [-0.3, -0.25) is 9.59 Å². The summed E-state index contributed by atoms with van der Waals surface area (Å²) < 4.78 is 23.0. The number of ether oxygens (including phenoxy) is 4. The van der Waals surface area contributed by atoms with Gasteiger partial charge in [0.1, 0.15) is 13.2 Å². The van der Waals surface area contributed by atoms with Crippen LogP contribution in [0.5, 0.6) is 0 Å². The van der Waals surface area contributed by atoms with E-state index in [1.54, 1.807) is 0 Å². The maximum absolute atomic E-state index is 12.9. The molecule has 0 bridgehead atoms. The van der Waals surface area contributed by atoms with Gasteiger partial charge in [0.15, 0.2) is 6.10 Å². The van der Waals surface area contributed by atoms with Crippen LogP contribution >= 0.6 is 0 Å². The third kappa shape index (κ3) is 65.8. The third-order valence-corrected chi connectivity index (χ3v) is 17.1. The lowest BCUT2D eigenvalue weighted by Gasteiger charge is -2.25. The molecule has 0 aliphatic heterocycles. The van der Waals surface area contributed by atoms with Gasteiger partial charge < -0.3 is 28.5 Å². The van der Waals surface area contributed by atoms with Gasteiger partial charge >= 0.3 is 17.9 Å². The molecular formula is C73H144NO8+. The molecule has 0 aromatic heterocycles. The topological polar surface area (TPSA) is 108 Å². The van der Waals surface area contributed by atoms with E-state index < -0.39 is 18.4 Å². The van der Waals surface area contributed by atoms with Crippen LogP contribution in [0.2, 0.25) is 0 Å². The minimum atomic E-state index is -1.50. The molecule has 488 valence electrons. The van der Waals surface area contributed by atoms with Crippen LogP contribution in [0.1, 0.15) is 393 Å². The molecule has 9 heteroatoms. The zero-order chi connectivity index (χ0) is 59.8. The number of rotatable bonds is 70. The molecule has 0 aromatic rings. The molecule has 9 nitrogen and oxygen atoms in total. The first kappa shape index (κ1) is 80.3. The average molecular weight is 1160 g/mol. The molecule has 0 aromatic carbocycles. The van der Waals surface area contributed by atoms with Gasteiger partial charge in [-0.1, -0.05) is 367 Å². The minimum Gasteiger partial charge on any atom is -0.477 e. The van der Waals surface area contributed by atoms with Gasteiger partial charge in [0.05, 0.1) is 34.4 Å². The fourth-order valence-electron chi connectivity index (χ4n) is 11.5. The van der Waals surface area contributed by atoms with Crippen LogP contribution in [0.25, 0.3) is 0 Å². The van der Waals surface area contributed by atoms with Crippen molar-refractivity contribution < 1.29 is 42.9 Å². The van der Waals surface area contributed by atoms with E-state index in [9.17, 15) is 19.5 Å². The molecule has 0 saturated heterocycles. The maximum atomic E-state index is 12.9. The quantitative estimate of drug-likeness (QED) is 0.0278. The normalized spacial score (nSPS) is 12.5. The highest BCUT2D eigenvalue weighted by atomic mass is 16.7. The number of hydrogen-bond acceptors (Lipinski definition) is 7. The molecule has 0 saturated carbocycles. The highest BCUT2D eigenvalue weighted by molar-refractivity contribution is 5.71. The highest BCUT2D eigenvalue weighted by Gasteiger charge is 2.25. The predicted octanol–water partition coefficient (Wildman–Crippen LogP) is 22.6. The number of unbranched alkanes of at least 4 members (excludes halogenated alkanes) is 55. The van der Waals surface area contributed by atoms with E-state index in [1.165, 1.54) is 327 Å². The van der Waals surface area contributed by atoms with Crippen molar-refractivity contribution in [2.45, 2.75) is 405 Å². The van der Waals surface area contributed by atoms with E-state index >= 15 is 0 Å². The zero-order valence-corrected chi connectivity index (χ0v) is 56.0. The lowest BCUT2D eigenvalue weighted by molar-refractivity contribution is -0.870. The van der Waals surface area contributed by atoms with Crippen LogP contribution in [0, 0.1) is 0 Å². The second kappa shape index (κ2) is 65.3. The number of carbonyl (C=O) groups excluding carboxylic acids is 2. The van der Waals surface area contributed by atoms with E-state index in [-0.39, 0.29) is 38.2 Å². The third-order valence-electron chi connectivity index (χ3n) is 17.1. The Labute approximate surface area is 511 Å². The highest BCUT2D eigenvalue weighted by Crippen LogP contribution is 2.20. The van der Waals surface area contributed by atoms with E-state index in [2.05, 4.69) is 13.8 Å². The standard InChI is InChI=1S/C73H143NO8/c1-6-8-10-12-14-16-18-20-22-24-26-28-30-31-32-33-34-35-36-37-38-39-40-41-42-44-46-48-50-52-54-56-58-60-62-64-71(76)82-69(68-81-73(72(77)78)79-66-65-74(3,4)5)67-80-70(75)63-61-59-57-55-53-51-49-47-45-43-29-27-25-23-21-19-17-15-13-11-9-7-2/h69,73H,6-68H2,1-5H3/p+1. The van der Waals surface area contributed by atoms with Gasteiger partial charge in [0, 0.05) is 12.8 Å². The van der Waals surface area contributed by atoms with E-state index in [0.29, 0.717) is 17.4 Å². The molecule has 2 unspecified atom stereocenters. The summed E-state index contributed by atoms with van der Waals surface area (Å²) in [5, 5.41) is 9.75. The number of carboxylic acid groups (broad SMARTS) is 1. The second-order valence-corrected chi connectivity index (χ2v) is 26.6. The lowest BCUT2D eigenvalue weighted by Crippen LogP contribution is -2.40. The number of carboxylic acids is 1. The van der Waals surface area contributed by atoms with Crippen LogP contribution in [0.15, 0.2) is 0 Å². The number of aliphatic carboxylic acids is 1. The van der Waals surface area contributed by atoms with Crippen LogP contribution in [-0.2, 0) is 33.3 Å². The lowest BCUT2D eigenvalue weighted by atomic mass is 10.0. The summed E-state index contributed by atoms with van der Waals surface area (Å²) in [5.41, 5.74) is 0. The molecule has 0 aliphatic rings. The second-order valence-electron chi connectivity index (χ2n) is 26.6. The SMILES string of the molecule is CCCCCCCCCCCCCCCCCCCCCCCCCCCCCCCCCCCCCC(=O)OC(COC(=O)CCCCCCCCCCCCCCCCCCCCCCCC)COC(OCC[N+](C)(C)C)C(=O)O. The molecule has 0 amide bonds. The Morgan fingerprint density at radius 1 is 0.317 bits per heavy atom. The average Bonchev–Trinajstić information content (AvgIpc) is 3.45. The van der Waals surface area contributed by atoms with Crippen molar-refractivity contribution in [2.24, 2.45) is 0 Å². The Balaban J connectivity index is 3.97. The van der Waals surface area contributed by atoms with E-state index in [0.717, 1.165) is 38.5 Å². The number of nitrogens with zero attached hydrogens (tertiary/aromatic N) is 1. The molecule has 1 N–H and O–H groups in total. The summed E-state index contributed by atoms with van der Waals surface area (Å²) in [5.74, 6) is -1.96. The molecular weight excluding hydrogens is 1020 g/mol. The minimum absolute atomic E-state index is 0.172. The first-order valence-corrected chi connectivity index (χ1v) is 36.7. The fraction of sp³-hybridized carbons (Fsp3) is 0.959. The Bertz CT molecular complexity index is 1300. The zero-order valence-electron chi connectivity index (χ0n) is 56.0. The van der Waals surface area contributed by atoms with Crippen LogP contribution in [0.4, 0.5) is 0 Å². The molecule has 0 spiro atoms. The predicted molar refractivity (Wildman–Crippen MR) is 351 cm³/mol. The molecule has 0 radical (unpaired) electrons. The smallest absolute Gasteiger partial charge is 0.361 e. The van der Waals surface area contributed by atoms with Crippen molar-refractivity contribution in [1.82, 2.24) is 0 Å². The molecule has 0 heterocycles. The van der Waals surface area contributed by atoms with Gasteiger partial charge in [0.2, 0.25) is 0 Å². The molecule has 0 rings (SSSR count). The Morgan fingerprint density at radius 2 is 0.549 bits per heavy atom. The number of quaternary nitrogens is 1. The summed E-state index contributed by atoms with van der Waals surface area (Å²) in [7, 11) is 6.00. The largest absolute Gasteiger partial charge is 0.477 e. The van der Waals surface area contributed by atoms with Crippen molar-refractivity contribution in [3.05, 3.63) is 0 Å². The molecule has 0 aliphatic carbocycles. The van der Waals surface area contributed by atoms with Gasteiger partial charge in [0.25, 0.3) is 6.29 Å². The van der Waals surface area contributed by atoms with Crippen molar-refractivity contribution in [3.8, 4) is 0 Å². The van der Waals surface area contributed by atoms with Gasteiger partial charge in [-0.05, 0) is 12.8 Å². The Hall–Kier alpha value is -1.71. The number of carbonyl (C=O) groups is 3. The van der Waals surface area contributed by atoms with Crippen LogP contribution in [0.3, 0.4) is 0 Å². The molecule has 0 fully saturated rings. The van der Waals surface area contributed by atoms with Crippen molar-refractivity contribution >= 4 is 17.9 Å². The summed E-state index contributed by atoms with van der Waals surface area (Å²) >= 11 is 0. The Kier molecular flexibility index (Phi) is 63.9. The van der Waals surface area contributed by atoms with Crippen molar-refractivity contribution in [3.63, 3.8) is 0 Å². The summed E-state index contributed by atoms with van der Waals surface area (Å²) in [6.45, 7) is 4.98. The monoisotopic (exact) mass is 1160 g/mol. The van der Waals surface area contributed by atoms with Crippen molar-refractivity contribution in [2.75, 3.05) is 47.5 Å². The van der Waals surface area contributed by atoms with Gasteiger partial charge in [-0.15, -0.1) is 0 Å². The molecule has 82 heavy (non-hydrogen) atoms. The maximum Gasteiger partial charge on any atom is 0.361 e. The fourth-order valence-corrected chi connectivity index (χ4v) is 11.5. The molecule has 2 atom stereocenters. The van der Waals surface area contributed by atoms with Gasteiger partial charge in [-0.25, -0.2) is 4.79 Å². The Morgan fingerprint density at radius 3 is 0.780 bits per heavy atom. The van der Waals surface area contributed by atoms with Crippen LogP contribution < -0.4 is 0 Å². The number of esters is 2. The van der Waals surface area contributed by atoms with E-state index in [1.807, 2.05) is 21.1 Å². The number of hydrogen-bond donors (Lipinski definition) is 1. The summed E-state index contributed by atoms with van der Waals surface area (Å²) in [6.07, 6.45) is 75.3.